The molecule has 6 heteroatoms. The third-order valence-corrected chi connectivity index (χ3v) is 6.23. The van der Waals surface area contributed by atoms with Crippen LogP contribution in [0.1, 0.15) is 31.7 Å². The molecule has 0 aliphatic carbocycles. The van der Waals surface area contributed by atoms with Crippen molar-refractivity contribution in [3.05, 3.63) is 77.3 Å². The van der Waals surface area contributed by atoms with Crippen LogP contribution in [0, 0.1) is 0 Å². The smallest absolute Gasteiger partial charge is 0.331 e. The van der Waals surface area contributed by atoms with Crippen LogP contribution in [-0.4, -0.2) is 16.1 Å². The number of fused-ring (bicyclic) bond motifs is 1. The molecule has 0 aliphatic rings. The molecule has 0 bridgehead atoms. The third kappa shape index (κ3) is 4.65. The Balaban J connectivity index is 1.69. The van der Waals surface area contributed by atoms with Crippen LogP contribution in [0.5, 0.6) is 11.5 Å². The molecule has 0 saturated heterocycles. The topological polar surface area (TPSA) is 85.4 Å². The molecule has 0 aliphatic heterocycles. The maximum Gasteiger partial charge on any atom is 0.331 e. The number of nitrogen functional groups attached to an aromatic ring is 1. The molecule has 2 aromatic heterocycles. The minimum atomic E-state index is -0.894. The van der Waals surface area contributed by atoms with Gasteiger partial charge in [-0.25, -0.2) is 9.78 Å². The Morgan fingerprint density at radius 1 is 1.12 bits per heavy atom. The fourth-order valence-corrected chi connectivity index (χ4v) is 4.59. The van der Waals surface area contributed by atoms with Crippen molar-refractivity contribution in [2.45, 2.75) is 26.2 Å². The van der Waals surface area contributed by atoms with E-state index in [2.05, 4.69) is 4.98 Å². The first kappa shape index (κ1) is 21.6. The van der Waals surface area contributed by atoms with Crippen LogP contribution in [0.25, 0.3) is 27.3 Å². The summed E-state index contributed by atoms with van der Waals surface area (Å²) in [7, 11) is 0. The number of aliphatic carboxylic acids is 1. The second-order valence-corrected chi connectivity index (χ2v) is 8.35. The van der Waals surface area contributed by atoms with E-state index in [0.717, 1.165) is 51.1 Å². The number of ether oxygens (including phenoxy) is 1. The van der Waals surface area contributed by atoms with Gasteiger partial charge in [0.25, 0.3) is 0 Å². The van der Waals surface area contributed by atoms with Gasteiger partial charge in [0.1, 0.15) is 17.3 Å². The number of pyridine rings is 1. The lowest BCUT2D eigenvalue weighted by Crippen LogP contribution is -2.01. The zero-order valence-electron chi connectivity index (χ0n) is 17.7. The molecule has 0 amide bonds. The average Bonchev–Trinajstić information content (AvgIpc) is 3.25. The highest BCUT2D eigenvalue weighted by atomic mass is 32.1. The molecule has 0 unspecified atom stereocenters. The number of nitrogens with zero attached hydrogens (tertiary/aromatic N) is 1. The van der Waals surface area contributed by atoms with E-state index in [1.807, 2.05) is 66.9 Å². The maximum atomic E-state index is 11.7. The van der Waals surface area contributed by atoms with Gasteiger partial charge in [-0.15, -0.1) is 11.3 Å². The maximum absolute atomic E-state index is 11.7. The molecule has 0 fully saturated rings. The van der Waals surface area contributed by atoms with Crippen LogP contribution in [-0.2, 0) is 4.79 Å². The number of aromatic nitrogens is 1. The number of rotatable bonds is 8. The van der Waals surface area contributed by atoms with Crippen LogP contribution in [0.4, 0.5) is 5.82 Å². The van der Waals surface area contributed by atoms with Gasteiger partial charge in [0.15, 0.2) is 0 Å². The van der Waals surface area contributed by atoms with Gasteiger partial charge in [0.2, 0.25) is 0 Å². The Bertz CT molecular complexity index is 1260. The van der Waals surface area contributed by atoms with Crippen molar-refractivity contribution in [3.63, 3.8) is 0 Å². The molecule has 2 heterocycles. The van der Waals surface area contributed by atoms with E-state index in [0.29, 0.717) is 17.8 Å². The predicted molar refractivity (Wildman–Crippen MR) is 131 cm³/mol. The minimum Gasteiger partial charge on any atom is -0.478 e. The van der Waals surface area contributed by atoms with Gasteiger partial charge < -0.3 is 15.6 Å². The van der Waals surface area contributed by atoms with Crippen LogP contribution in [0.2, 0.25) is 0 Å². The molecule has 0 atom stereocenters. The first-order valence-corrected chi connectivity index (χ1v) is 11.4. The SMILES string of the molecule is CCCCC(=Cc1cnc(N)c2c(-c3ccc(Oc4ccccc4)cc3)csc12)C(=O)O. The first-order chi connectivity index (χ1) is 15.6. The van der Waals surface area contributed by atoms with E-state index in [4.69, 9.17) is 10.5 Å². The fourth-order valence-electron chi connectivity index (χ4n) is 3.53. The zero-order valence-corrected chi connectivity index (χ0v) is 18.6. The summed E-state index contributed by atoms with van der Waals surface area (Å²) in [6.45, 7) is 2.05. The van der Waals surface area contributed by atoms with Gasteiger partial charge in [-0.1, -0.05) is 43.7 Å². The van der Waals surface area contributed by atoms with Crippen LogP contribution in [0.3, 0.4) is 0 Å². The molecule has 3 N–H and O–H groups in total. The van der Waals surface area contributed by atoms with Gasteiger partial charge in [0, 0.05) is 33.0 Å². The second kappa shape index (κ2) is 9.66. The van der Waals surface area contributed by atoms with Gasteiger partial charge in [-0.2, -0.15) is 0 Å². The summed E-state index contributed by atoms with van der Waals surface area (Å²) in [6.07, 6.45) is 5.68. The molecule has 4 rings (SSSR count). The minimum absolute atomic E-state index is 0.386. The summed E-state index contributed by atoms with van der Waals surface area (Å²) in [4.78, 5) is 16.0. The number of hydrogen-bond donors (Lipinski definition) is 2. The van der Waals surface area contributed by atoms with Gasteiger partial charge >= 0.3 is 5.97 Å². The number of carboxylic acid groups (broad SMARTS) is 1. The molecule has 0 saturated carbocycles. The fraction of sp³-hybridized carbons (Fsp3) is 0.154. The number of para-hydroxylation sites is 1. The van der Waals surface area contributed by atoms with E-state index in [-0.39, 0.29) is 0 Å². The summed E-state index contributed by atoms with van der Waals surface area (Å²) in [5, 5.41) is 12.5. The quantitative estimate of drug-likeness (QED) is 0.286. The van der Waals surface area contributed by atoms with Gasteiger partial charge in [-0.05, 0) is 54.1 Å². The highest BCUT2D eigenvalue weighted by Crippen LogP contribution is 2.39. The van der Waals surface area contributed by atoms with Gasteiger partial charge in [0.05, 0.1) is 0 Å². The Hall–Kier alpha value is -3.64. The summed E-state index contributed by atoms with van der Waals surface area (Å²) < 4.78 is 6.82. The molecule has 0 spiro atoms. The lowest BCUT2D eigenvalue weighted by atomic mass is 10.0. The summed E-state index contributed by atoms with van der Waals surface area (Å²) in [5.41, 5.74) is 9.38. The lowest BCUT2D eigenvalue weighted by molar-refractivity contribution is -0.132. The Kier molecular flexibility index (Phi) is 6.52. The number of nitrogens with two attached hydrogens (primary N) is 1. The number of unbranched alkanes of at least 4 members (excludes halogenated alkanes) is 1. The largest absolute Gasteiger partial charge is 0.478 e. The molecule has 4 aromatic rings. The average molecular weight is 445 g/mol. The van der Waals surface area contributed by atoms with E-state index in [1.54, 1.807) is 23.6 Å². The molecule has 2 aromatic carbocycles. The molecule has 162 valence electrons. The van der Waals surface area contributed by atoms with Crippen molar-refractivity contribution in [3.8, 4) is 22.6 Å². The van der Waals surface area contributed by atoms with Crippen molar-refractivity contribution < 1.29 is 14.6 Å². The van der Waals surface area contributed by atoms with E-state index < -0.39 is 5.97 Å². The van der Waals surface area contributed by atoms with Crippen molar-refractivity contribution in [1.82, 2.24) is 4.98 Å². The Morgan fingerprint density at radius 3 is 2.53 bits per heavy atom. The number of benzene rings is 2. The highest BCUT2D eigenvalue weighted by molar-refractivity contribution is 7.18. The van der Waals surface area contributed by atoms with Crippen molar-refractivity contribution >= 4 is 39.3 Å². The van der Waals surface area contributed by atoms with Crippen LogP contribution < -0.4 is 10.5 Å². The summed E-state index contributed by atoms with van der Waals surface area (Å²) >= 11 is 1.55. The predicted octanol–water partition coefficient (Wildman–Crippen LogP) is 7.00. The third-order valence-electron chi connectivity index (χ3n) is 5.20. The normalized spacial score (nSPS) is 11.6. The Morgan fingerprint density at radius 2 is 1.84 bits per heavy atom. The molecule has 32 heavy (non-hydrogen) atoms. The zero-order chi connectivity index (χ0) is 22.5. The number of thiophene rings is 1. The monoisotopic (exact) mass is 444 g/mol. The van der Waals surface area contributed by atoms with Crippen molar-refractivity contribution in [2.75, 3.05) is 5.73 Å². The molecule has 0 radical (unpaired) electrons. The highest BCUT2D eigenvalue weighted by Gasteiger charge is 2.15. The van der Waals surface area contributed by atoms with Crippen LogP contribution in [0.15, 0.2) is 71.7 Å². The number of carbonyl (C=O) groups is 1. The van der Waals surface area contributed by atoms with Crippen molar-refractivity contribution in [2.24, 2.45) is 0 Å². The van der Waals surface area contributed by atoms with E-state index in [9.17, 15) is 9.90 Å². The lowest BCUT2D eigenvalue weighted by Gasteiger charge is -2.08. The molecule has 5 nitrogen and oxygen atoms in total. The second-order valence-electron chi connectivity index (χ2n) is 7.47. The van der Waals surface area contributed by atoms with Gasteiger partial charge in [-0.3, -0.25) is 0 Å². The van der Waals surface area contributed by atoms with Crippen LogP contribution >= 0.6 is 11.3 Å². The van der Waals surface area contributed by atoms with E-state index in [1.165, 1.54) is 0 Å². The first-order valence-electron chi connectivity index (χ1n) is 10.5. The standard InChI is InChI=1S/C26H24N2O3S/c1-2-3-7-18(26(29)30)14-19-15-28-25(27)23-22(16-32-24(19)23)17-10-12-21(13-11-17)31-20-8-5-4-6-9-20/h4-6,8-16H,2-3,7H2,1H3,(H2,27,28)(H,29,30). The number of carboxylic acids is 1. The summed E-state index contributed by atoms with van der Waals surface area (Å²) in [5.74, 6) is 1.07. The van der Waals surface area contributed by atoms with E-state index >= 15 is 0 Å². The molecular formula is C26H24N2O3S. The van der Waals surface area contributed by atoms with Crippen molar-refractivity contribution in [1.29, 1.82) is 0 Å². The summed E-state index contributed by atoms with van der Waals surface area (Å²) in [6, 6.07) is 17.5. The number of hydrogen-bond acceptors (Lipinski definition) is 5. The Labute approximate surface area is 190 Å². The number of anilines is 1. The molecular weight excluding hydrogens is 420 g/mol.